The van der Waals surface area contributed by atoms with Crippen molar-refractivity contribution in [2.75, 3.05) is 11.5 Å². The smallest absolute Gasteiger partial charge is 0.287 e. The number of nitrogens with zero attached hydrogens (tertiary/aromatic N) is 3. The van der Waals surface area contributed by atoms with Gasteiger partial charge in [-0.15, -0.1) is 0 Å². The average Bonchev–Trinajstić information content (AvgIpc) is 3.18. The molecule has 0 aromatic carbocycles. The summed E-state index contributed by atoms with van der Waals surface area (Å²) in [6.07, 6.45) is 3.08. The van der Waals surface area contributed by atoms with E-state index in [1.165, 1.54) is 10.8 Å². The van der Waals surface area contributed by atoms with Crippen LogP contribution in [0.15, 0.2) is 16.9 Å². The highest BCUT2D eigenvalue weighted by atomic mass is 32.2. The number of aryl methyl sites for hydroxylation is 3. The second kappa shape index (κ2) is 6.56. The fraction of sp³-hybridized carbons (Fsp3) is 0.467. The number of amides is 2. The standard InChI is InChI=1S/C15H19N5O5S/c1-8-12(9(2)25-19-8)14(21)17-10-6-26(23,24)7-11(10)18-15(22)13-16-4-5-20(13)3/h4-5,10-11H,6-7H2,1-3H3,(H,17,21)(H,18,22)/t10-,11-/m1/s1. The van der Waals surface area contributed by atoms with E-state index in [2.05, 4.69) is 20.8 Å². The number of nitrogens with one attached hydrogen (secondary N) is 2. The summed E-state index contributed by atoms with van der Waals surface area (Å²) in [6.45, 7) is 3.22. The van der Waals surface area contributed by atoms with Crippen molar-refractivity contribution >= 4 is 21.7 Å². The first kappa shape index (κ1) is 18.1. The van der Waals surface area contributed by atoms with E-state index >= 15 is 0 Å². The van der Waals surface area contributed by atoms with Gasteiger partial charge in [0.05, 0.1) is 29.3 Å². The van der Waals surface area contributed by atoms with Gasteiger partial charge in [-0.3, -0.25) is 9.59 Å². The highest BCUT2D eigenvalue weighted by Crippen LogP contribution is 2.17. The highest BCUT2D eigenvalue weighted by Gasteiger charge is 2.40. The lowest BCUT2D eigenvalue weighted by Gasteiger charge is -2.20. The normalized spacial score (nSPS) is 21.5. The monoisotopic (exact) mass is 381 g/mol. The molecule has 0 aliphatic carbocycles. The second-order valence-corrected chi connectivity index (χ2v) is 8.45. The zero-order valence-electron chi connectivity index (χ0n) is 14.5. The number of rotatable bonds is 4. The molecule has 2 aromatic heterocycles. The van der Waals surface area contributed by atoms with Crippen LogP contribution < -0.4 is 10.6 Å². The molecular weight excluding hydrogens is 362 g/mol. The SMILES string of the molecule is Cc1noc(C)c1C(=O)N[C@@H]1CS(=O)(=O)C[C@H]1NC(=O)c1nccn1C. The van der Waals surface area contributed by atoms with Crippen LogP contribution in [0.1, 0.15) is 32.4 Å². The lowest BCUT2D eigenvalue weighted by Crippen LogP contribution is -2.51. The van der Waals surface area contributed by atoms with E-state index < -0.39 is 33.7 Å². The van der Waals surface area contributed by atoms with E-state index in [-0.39, 0.29) is 22.9 Å². The van der Waals surface area contributed by atoms with Gasteiger partial charge in [0.15, 0.2) is 15.7 Å². The van der Waals surface area contributed by atoms with Crippen LogP contribution in [0.25, 0.3) is 0 Å². The van der Waals surface area contributed by atoms with Crippen LogP contribution in [-0.2, 0) is 16.9 Å². The molecule has 3 heterocycles. The molecule has 1 aliphatic heterocycles. The van der Waals surface area contributed by atoms with Gasteiger partial charge < -0.3 is 19.7 Å². The van der Waals surface area contributed by atoms with Crippen molar-refractivity contribution in [2.45, 2.75) is 25.9 Å². The maximum atomic E-state index is 12.5. The van der Waals surface area contributed by atoms with Crippen molar-refractivity contribution in [2.24, 2.45) is 7.05 Å². The van der Waals surface area contributed by atoms with Crippen molar-refractivity contribution < 1.29 is 22.5 Å². The maximum Gasteiger partial charge on any atom is 0.287 e. The van der Waals surface area contributed by atoms with Crippen LogP contribution in [0, 0.1) is 13.8 Å². The summed E-state index contributed by atoms with van der Waals surface area (Å²) in [5, 5.41) is 9.04. The fourth-order valence-electron chi connectivity index (χ4n) is 3.00. The number of carbonyl (C=O) groups is 2. The van der Waals surface area contributed by atoms with Crippen LogP contribution in [0.2, 0.25) is 0 Å². The number of aromatic nitrogens is 3. The molecule has 0 saturated carbocycles. The molecule has 0 radical (unpaired) electrons. The summed E-state index contributed by atoms with van der Waals surface area (Å²) in [5.41, 5.74) is 0.679. The van der Waals surface area contributed by atoms with E-state index in [1.807, 2.05) is 0 Å². The first-order chi connectivity index (χ1) is 12.2. The Hall–Kier alpha value is -2.69. The first-order valence-electron chi connectivity index (χ1n) is 7.90. The molecule has 0 unspecified atom stereocenters. The van der Waals surface area contributed by atoms with Crippen LogP contribution in [0.5, 0.6) is 0 Å². The third-order valence-corrected chi connectivity index (χ3v) is 6.00. The van der Waals surface area contributed by atoms with Crippen LogP contribution in [0.4, 0.5) is 0 Å². The summed E-state index contributed by atoms with van der Waals surface area (Å²) in [6, 6.07) is -1.51. The molecule has 26 heavy (non-hydrogen) atoms. The van der Waals surface area contributed by atoms with Gasteiger partial charge in [-0.1, -0.05) is 5.16 Å². The molecule has 2 aromatic rings. The molecule has 0 bridgehead atoms. The van der Waals surface area contributed by atoms with Gasteiger partial charge in [0.1, 0.15) is 11.3 Å². The number of carbonyl (C=O) groups excluding carboxylic acids is 2. The molecule has 1 aliphatic rings. The minimum Gasteiger partial charge on any atom is -0.361 e. The third kappa shape index (κ3) is 3.47. The van der Waals surface area contributed by atoms with Gasteiger partial charge in [-0.2, -0.15) is 0 Å². The van der Waals surface area contributed by atoms with Crippen LogP contribution in [0.3, 0.4) is 0 Å². The largest absolute Gasteiger partial charge is 0.361 e. The van der Waals surface area contributed by atoms with Crippen molar-refractivity contribution in [1.29, 1.82) is 0 Å². The number of sulfone groups is 1. The van der Waals surface area contributed by atoms with E-state index in [4.69, 9.17) is 4.52 Å². The maximum absolute atomic E-state index is 12.5. The Morgan fingerprint density at radius 3 is 2.31 bits per heavy atom. The van der Waals surface area contributed by atoms with Crippen LogP contribution >= 0.6 is 0 Å². The molecule has 2 amide bonds. The molecule has 2 N–H and O–H groups in total. The van der Waals surface area contributed by atoms with Crippen LogP contribution in [-0.4, -0.2) is 58.5 Å². The van der Waals surface area contributed by atoms with Gasteiger partial charge in [-0.25, -0.2) is 13.4 Å². The summed E-state index contributed by atoms with van der Waals surface area (Å²) in [4.78, 5) is 28.8. The minimum atomic E-state index is -3.40. The van der Waals surface area contributed by atoms with E-state index in [9.17, 15) is 18.0 Å². The van der Waals surface area contributed by atoms with Crippen molar-refractivity contribution in [3.05, 3.63) is 35.2 Å². The average molecular weight is 381 g/mol. The topological polar surface area (TPSA) is 136 Å². The summed E-state index contributed by atoms with van der Waals surface area (Å²) >= 11 is 0. The zero-order valence-corrected chi connectivity index (χ0v) is 15.3. The quantitative estimate of drug-likeness (QED) is 0.718. The van der Waals surface area contributed by atoms with Gasteiger partial charge >= 0.3 is 0 Å². The van der Waals surface area contributed by atoms with Gasteiger partial charge in [-0.05, 0) is 13.8 Å². The Morgan fingerprint density at radius 2 is 1.81 bits per heavy atom. The molecule has 1 fully saturated rings. The predicted molar refractivity (Wildman–Crippen MR) is 90.3 cm³/mol. The Labute approximate surface area is 149 Å². The highest BCUT2D eigenvalue weighted by molar-refractivity contribution is 7.91. The molecule has 3 rings (SSSR count). The lowest BCUT2D eigenvalue weighted by molar-refractivity contribution is 0.0888. The molecule has 1 saturated heterocycles. The Bertz CT molecular complexity index is 941. The van der Waals surface area contributed by atoms with E-state index in [0.717, 1.165) is 0 Å². The minimum absolute atomic E-state index is 0.157. The van der Waals surface area contributed by atoms with E-state index in [0.29, 0.717) is 11.5 Å². The zero-order chi connectivity index (χ0) is 19.1. The predicted octanol–water partition coefficient (Wildman–Crippen LogP) is -0.650. The third-order valence-electron chi connectivity index (χ3n) is 4.27. The van der Waals surface area contributed by atoms with E-state index in [1.54, 1.807) is 27.1 Å². The van der Waals surface area contributed by atoms with Gasteiger partial charge in [0.25, 0.3) is 11.8 Å². The number of imidazole rings is 1. The van der Waals surface area contributed by atoms with Crippen molar-refractivity contribution in [3.63, 3.8) is 0 Å². The fourth-order valence-corrected chi connectivity index (χ4v) is 4.86. The van der Waals surface area contributed by atoms with Crippen molar-refractivity contribution in [3.8, 4) is 0 Å². The van der Waals surface area contributed by atoms with Crippen molar-refractivity contribution in [1.82, 2.24) is 25.3 Å². The molecular formula is C15H19N5O5S. The molecule has 2 atom stereocenters. The summed E-state index contributed by atoms with van der Waals surface area (Å²) in [7, 11) is -1.74. The van der Waals surface area contributed by atoms with Gasteiger partial charge in [0, 0.05) is 19.4 Å². The molecule has 10 nitrogen and oxygen atoms in total. The first-order valence-corrected chi connectivity index (χ1v) is 9.72. The Morgan fingerprint density at radius 1 is 1.19 bits per heavy atom. The molecule has 140 valence electrons. The Kier molecular flexibility index (Phi) is 4.57. The molecule has 11 heteroatoms. The number of hydrogen-bond acceptors (Lipinski definition) is 7. The lowest BCUT2D eigenvalue weighted by atomic mass is 10.1. The molecule has 0 spiro atoms. The summed E-state index contributed by atoms with van der Waals surface area (Å²) < 4.78 is 30.6. The second-order valence-electron chi connectivity index (χ2n) is 6.30. The number of hydrogen-bond donors (Lipinski definition) is 2. The summed E-state index contributed by atoms with van der Waals surface area (Å²) in [5.74, 6) is -1.00. The Balaban J connectivity index is 1.77. The van der Waals surface area contributed by atoms with Gasteiger partial charge in [0.2, 0.25) is 0 Å².